The molecule has 2 aromatic carbocycles. The van der Waals surface area contributed by atoms with Crippen molar-refractivity contribution in [2.75, 3.05) is 12.0 Å². The lowest BCUT2D eigenvalue weighted by Gasteiger charge is -2.11. The van der Waals surface area contributed by atoms with Gasteiger partial charge in [0.2, 0.25) is 5.16 Å². The van der Waals surface area contributed by atoms with Crippen molar-refractivity contribution in [3.05, 3.63) is 72.1 Å². The molecular formula is C18H18N4O2S. The molecule has 0 radical (unpaired) electrons. The molecule has 0 atom stereocenters. The zero-order valence-electron chi connectivity index (χ0n) is 13.8. The largest absolute Gasteiger partial charge is 0.484 e. The molecule has 1 N–H and O–H groups in total. The number of aromatic nitrogens is 3. The van der Waals surface area contributed by atoms with E-state index in [1.807, 2.05) is 48.5 Å². The molecule has 1 amide bonds. The first-order valence-corrected chi connectivity index (χ1v) is 8.77. The molecule has 0 spiro atoms. The molecule has 0 unspecified atom stereocenters. The first kappa shape index (κ1) is 17.0. The number of benzene rings is 2. The van der Waals surface area contributed by atoms with Crippen LogP contribution in [0.4, 0.5) is 0 Å². The Kier molecular flexibility index (Phi) is 5.69. The minimum Gasteiger partial charge on any atom is -0.484 e. The normalized spacial score (nSPS) is 10.4. The fraction of sp³-hybridized carbons (Fsp3) is 0.167. The second-order valence-electron chi connectivity index (χ2n) is 5.28. The van der Waals surface area contributed by atoms with Crippen LogP contribution in [0.3, 0.4) is 0 Å². The Morgan fingerprint density at radius 1 is 1.08 bits per heavy atom. The zero-order valence-corrected chi connectivity index (χ0v) is 14.6. The van der Waals surface area contributed by atoms with Crippen LogP contribution in [0, 0.1) is 6.92 Å². The Morgan fingerprint density at radius 2 is 1.76 bits per heavy atom. The summed E-state index contributed by atoms with van der Waals surface area (Å²) in [6, 6.07) is 19.3. The number of hydrogen-bond acceptors (Lipinski definition) is 5. The van der Waals surface area contributed by atoms with Crippen LogP contribution in [0.2, 0.25) is 0 Å². The van der Waals surface area contributed by atoms with Gasteiger partial charge < -0.3 is 4.74 Å². The highest BCUT2D eigenvalue weighted by molar-refractivity contribution is 7.98. The van der Waals surface area contributed by atoms with Crippen molar-refractivity contribution in [2.24, 2.45) is 0 Å². The number of amides is 1. The fourth-order valence-corrected chi connectivity index (χ4v) is 3.00. The van der Waals surface area contributed by atoms with Crippen LogP contribution in [-0.2, 0) is 10.5 Å². The van der Waals surface area contributed by atoms with Crippen LogP contribution >= 0.6 is 11.8 Å². The average molecular weight is 354 g/mol. The third-order valence-electron chi connectivity index (χ3n) is 3.36. The van der Waals surface area contributed by atoms with E-state index in [1.165, 1.54) is 17.3 Å². The SMILES string of the molecule is Cc1nnc(SCc2ccccc2)n1NC(=O)COc1ccccc1. The molecule has 0 bridgehead atoms. The number of hydrogen-bond donors (Lipinski definition) is 1. The molecule has 0 saturated carbocycles. The number of rotatable bonds is 7. The summed E-state index contributed by atoms with van der Waals surface area (Å²) in [5, 5.41) is 8.79. The summed E-state index contributed by atoms with van der Waals surface area (Å²) >= 11 is 1.51. The maximum absolute atomic E-state index is 12.1. The van der Waals surface area contributed by atoms with E-state index >= 15 is 0 Å². The van der Waals surface area contributed by atoms with Crippen LogP contribution < -0.4 is 10.2 Å². The molecule has 3 aromatic rings. The lowest BCUT2D eigenvalue weighted by Crippen LogP contribution is -2.29. The molecule has 0 saturated heterocycles. The van der Waals surface area contributed by atoms with E-state index in [4.69, 9.17) is 4.74 Å². The van der Waals surface area contributed by atoms with Crippen molar-refractivity contribution >= 4 is 17.7 Å². The summed E-state index contributed by atoms with van der Waals surface area (Å²) in [4.78, 5) is 12.1. The highest BCUT2D eigenvalue weighted by atomic mass is 32.2. The van der Waals surface area contributed by atoms with Gasteiger partial charge in [0.1, 0.15) is 11.6 Å². The molecule has 1 aromatic heterocycles. The molecule has 7 heteroatoms. The Labute approximate surface area is 150 Å². The van der Waals surface area contributed by atoms with Crippen LogP contribution in [0.15, 0.2) is 65.8 Å². The van der Waals surface area contributed by atoms with E-state index in [1.54, 1.807) is 23.7 Å². The van der Waals surface area contributed by atoms with E-state index in [2.05, 4.69) is 15.6 Å². The number of thioether (sulfide) groups is 1. The maximum Gasteiger partial charge on any atom is 0.276 e. The molecule has 6 nitrogen and oxygen atoms in total. The molecular weight excluding hydrogens is 336 g/mol. The highest BCUT2D eigenvalue weighted by Crippen LogP contribution is 2.20. The van der Waals surface area contributed by atoms with Crippen LogP contribution in [0.5, 0.6) is 5.75 Å². The molecule has 3 rings (SSSR count). The van der Waals surface area contributed by atoms with E-state index in [-0.39, 0.29) is 12.5 Å². The van der Waals surface area contributed by atoms with Crippen molar-refractivity contribution in [1.29, 1.82) is 0 Å². The number of carbonyl (C=O) groups excluding carboxylic acids is 1. The van der Waals surface area contributed by atoms with Gasteiger partial charge in [-0.2, -0.15) is 0 Å². The van der Waals surface area contributed by atoms with E-state index in [9.17, 15) is 4.79 Å². The van der Waals surface area contributed by atoms with Crippen molar-refractivity contribution in [3.63, 3.8) is 0 Å². The summed E-state index contributed by atoms with van der Waals surface area (Å²) in [5.41, 5.74) is 3.95. The Morgan fingerprint density at radius 3 is 2.48 bits per heavy atom. The molecule has 0 aliphatic rings. The Bertz CT molecular complexity index is 822. The lowest BCUT2D eigenvalue weighted by atomic mass is 10.2. The Hall–Kier alpha value is -2.80. The van der Waals surface area contributed by atoms with Gasteiger partial charge in [-0.25, -0.2) is 4.68 Å². The molecule has 0 aliphatic carbocycles. The minimum absolute atomic E-state index is 0.0789. The maximum atomic E-state index is 12.1. The van der Waals surface area contributed by atoms with Crippen LogP contribution in [0.1, 0.15) is 11.4 Å². The number of carbonyl (C=O) groups is 1. The standard InChI is InChI=1S/C18H18N4O2S/c1-14-19-20-18(25-13-15-8-4-2-5-9-15)22(14)21-17(23)12-24-16-10-6-3-7-11-16/h2-11H,12-13H2,1H3,(H,21,23). The summed E-state index contributed by atoms with van der Waals surface area (Å²) in [6.45, 7) is 1.71. The number of aryl methyl sites for hydroxylation is 1. The number of ether oxygens (including phenoxy) is 1. The van der Waals surface area contributed by atoms with Crippen molar-refractivity contribution < 1.29 is 9.53 Å². The van der Waals surface area contributed by atoms with Gasteiger partial charge in [-0.1, -0.05) is 60.3 Å². The predicted molar refractivity (Wildman–Crippen MR) is 97.1 cm³/mol. The molecule has 0 aliphatic heterocycles. The van der Waals surface area contributed by atoms with Gasteiger partial charge in [-0.3, -0.25) is 10.2 Å². The smallest absolute Gasteiger partial charge is 0.276 e. The molecule has 0 fully saturated rings. The predicted octanol–water partition coefficient (Wildman–Crippen LogP) is 3.03. The first-order valence-electron chi connectivity index (χ1n) is 7.79. The summed E-state index contributed by atoms with van der Waals surface area (Å²) in [7, 11) is 0. The van der Waals surface area contributed by atoms with Gasteiger partial charge in [0.25, 0.3) is 5.91 Å². The van der Waals surface area contributed by atoms with Gasteiger partial charge in [-0.15, -0.1) is 10.2 Å². The number of nitrogens with zero attached hydrogens (tertiary/aromatic N) is 3. The summed E-state index contributed by atoms with van der Waals surface area (Å²) in [6.07, 6.45) is 0. The molecule has 1 heterocycles. The number of para-hydroxylation sites is 1. The van der Waals surface area contributed by atoms with Crippen LogP contribution in [0.25, 0.3) is 0 Å². The van der Waals surface area contributed by atoms with Crippen molar-refractivity contribution in [2.45, 2.75) is 17.8 Å². The topological polar surface area (TPSA) is 69.0 Å². The second-order valence-corrected chi connectivity index (χ2v) is 6.22. The van der Waals surface area contributed by atoms with Gasteiger partial charge in [0.05, 0.1) is 0 Å². The Balaban J connectivity index is 1.58. The van der Waals surface area contributed by atoms with Gasteiger partial charge in [0, 0.05) is 5.75 Å². The third-order valence-corrected chi connectivity index (χ3v) is 4.36. The van der Waals surface area contributed by atoms with Crippen LogP contribution in [-0.4, -0.2) is 27.4 Å². The zero-order chi connectivity index (χ0) is 17.5. The third kappa shape index (κ3) is 4.84. The van der Waals surface area contributed by atoms with Gasteiger partial charge in [-0.05, 0) is 24.6 Å². The van der Waals surface area contributed by atoms with Crippen molar-refractivity contribution in [1.82, 2.24) is 14.9 Å². The quantitative estimate of drug-likeness (QED) is 0.661. The van der Waals surface area contributed by atoms with E-state index < -0.39 is 0 Å². The van der Waals surface area contributed by atoms with E-state index in [0.29, 0.717) is 16.7 Å². The number of nitrogens with one attached hydrogen (secondary N) is 1. The average Bonchev–Trinajstić information content (AvgIpc) is 3.00. The molecule has 128 valence electrons. The van der Waals surface area contributed by atoms with E-state index in [0.717, 1.165) is 5.75 Å². The van der Waals surface area contributed by atoms with Gasteiger partial charge in [0.15, 0.2) is 6.61 Å². The monoisotopic (exact) mass is 354 g/mol. The lowest BCUT2D eigenvalue weighted by molar-refractivity contribution is -0.119. The second kappa shape index (κ2) is 8.34. The van der Waals surface area contributed by atoms with Crippen molar-refractivity contribution in [3.8, 4) is 5.75 Å². The fourth-order valence-electron chi connectivity index (χ4n) is 2.11. The first-order chi connectivity index (χ1) is 12.2. The summed E-state index contributed by atoms with van der Waals surface area (Å²) < 4.78 is 7.04. The minimum atomic E-state index is -0.270. The highest BCUT2D eigenvalue weighted by Gasteiger charge is 2.13. The molecule has 25 heavy (non-hydrogen) atoms. The van der Waals surface area contributed by atoms with Gasteiger partial charge >= 0.3 is 0 Å². The summed E-state index contributed by atoms with van der Waals surface area (Å²) in [5.74, 6) is 1.74.